The zero-order valence-corrected chi connectivity index (χ0v) is 13.2. The van der Waals surface area contributed by atoms with E-state index in [1.807, 2.05) is 20.8 Å². The number of hydrogen-bond donors (Lipinski definition) is 2. The zero-order chi connectivity index (χ0) is 15.5. The van der Waals surface area contributed by atoms with Gasteiger partial charge in [-0.05, 0) is 34.8 Å². The molecule has 0 saturated heterocycles. The monoisotopic (exact) mass is 343 g/mol. The number of hydrogen-bond acceptors (Lipinski definition) is 4. The van der Waals surface area contributed by atoms with Crippen molar-refractivity contribution < 1.29 is 9.72 Å². The summed E-state index contributed by atoms with van der Waals surface area (Å²) in [6.07, 6.45) is 0. The third-order valence-corrected chi connectivity index (χ3v) is 4.16. The van der Waals surface area contributed by atoms with Crippen molar-refractivity contribution in [2.75, 3.05) is 6.54 Å². The first-order valence-electron chi connectivity index (χ1n) is 6.18. The highest BCUT2D eigenvalue weighted by Crippen LogP contribution is 2.24. The van der Waals surface area contributed by atoms with E-state index in [1.165, 1.54) is 18.2 Å². The van der Waals surface area contributed by atoms with Crippen LogP contribution < -0.4 is 11.1 Å². The van der Waals surface area contributed by atoms with Crippen molar-refractivity contribution in [2.45, 2.75) is 26.3 Å². The Labute approximate surface area is 126 Å². The van der Waals surface area contributed by atoms with Gasteiger partial charge in [0.25, 0.3) is 11.6 Å². The van der Waals surface area contributed by atoms with Gasteiger partial charge in [0.2, 0.25) is 0 Å². The van der Waals surface area contributed by atoms with Crippen molar-refractivity contribution in [3.63, 3.8) is 0 Å². The summed E-state index contributed by atoms with van der Waals surface area (Å²) in [5, 5.41) is 13.6. The fourth-order valence-corrected chi connectivity index (χ4v) is 2.11. The Hall–Kier alpha value is -1.47. The summed E-state index contributed by atoms with van der Waals surface area (Å²) >= 11 is 3.19. The van der Waals surface area contributed by atoms with Gasteiger partial charge in [0.15, 0.2) is 0 Å². The number of non-ortho nitro benzene ring substituents is 1. The van der Waals surface area contributed by atoms with Gasteiger partial charge in [-0.3, -0.25) is 14.9 Å². The lowest BCUT2D eigenvalue weighted by atomic mass is 9.88. The molecule has 0 aliphatic heterocycles. The molecule has 0 heterocycles. The Bertz CT molecular complexity index is 534. The van der Waals surface area contributed by atoms with Crippen LogP contribution in [0.2, 0.25) is 0 Å². The van der Waals surface area contributed by atoms with Crippen molar-refractivity contribution in [2.24, 2.45) is 11.7 Å². The minimum Gasteiger partial charge on any atom is -0.345 e. The lowest BCUT2D eigenvalue weighted by Gasteiger charge is -2.33. The van der Waals surface area contributed by atoms with E-state index in [9.17, 15) is 14.9 Å². The van der Waals surface area contributed by atoms with Crippen LogP contribution in [-0.2, 0) is 0 Å². The Kier molecular flexibility index (Phi) is 5.24. The van der Waals surface area contributed by atoms with E-state index in [4.69, 9.17) is 5.73 Å². The Morgan fingerprint density at radius 2 is 2.15 bits per heavy atom. The van der Waals surface area contributed by atoms with E-state index < -0.39 is 10.5 Å². The van der Waals surface area contributed by atoms with E-state index in [0.29, 0.717) is 16.6 Å². The third kappa shape index (κ3) is 3.55. The maximum atomic E-state index is 12.3. The van der Waals surface area contributed by atoms with Crippen LogP contribution in [0, 0.1) is 16.0 Å². The minimum atomic E-state index is -0.529. The summed E-state index contributed by atoms with van der Waals surface area (Å²) in [7, 11) is 0. The molecule has 0 aromatic heterocycles. The highest BCUT2D eigenvalue weighted by molar-refractivity contribution is 9.10. The van der Waals surface area contributed by atoms with Gasteiger partial charge in [-0.15, -0.1) is 0 Å². The van der Waals surface area contributed by atoms with Gasteiger partial charge in [-0.2, -0.15) is 0 Å². The maximum absolute atomic E-state index is 12.3. The number of nitro benzene ring substituents is 1. The normalized spacial score (nSPS) is 13.9. The Morgan fingerprint density at radius 3 is 2.55 bits per heavy atom. The smallest absolute Gasteiger partial charge is 0.270 e. The van der Waals surface area contributed by atoms with Crippen LogP contribution >= 0.6 is 15.9 Å². The number of nitro groups is 1. The second-order valence-electron chi connectivity index (χ2n) is 5.15. The summed E-state index contributed by atoms with van der Waals surface area (Å²) in [5.41, 5.74) is 5.46. The molecule has 3 N–H and O–H groups in total. The second kappa shape index (κ2) is 6.32. The molecule has 0 aliphatic rings. The molecule has 0 fully saturated rings. The number of halogens is 1. The van der Waals surface area contributed by atoms with Crippen molar-refractivity contribution >= 4 is 27.5 Å². The molecule has 7 heteroatoms. The van der Waals surface area contributed by atoms with Crippen molar-refractivity contribution in [1.29, 1.82) is 0 Å². The largest absolute Gasteiger partial charge is 0.345 e. The summed E-state index contributed by atoms with van der Waals surface area (Å²) in [4.78, 5) is 22.4. The molecule has 20 heavy (non-hydrogen) atoms. The third-order valence-electron chi connectivity index (χ3n) is 3.51. The van der Waals surface area contributed by atoms with Crippen LogP contribution in [0.1, 0.15) is 31.1 Å². The molecule has 0 aliphatic carbocycles. The number of carbonyl (C=O) groups excluding carboxylic acids is 1. The molecule has 0 spiro atoms. The predicted octanol–water partition coefficient (Wildman–Crippen LogP) is 2.46. The first-order chi connectivity index (χ1) is 9.21. The molecule has 1 aromatic rings. The standard InChI is InChI=1S/C13H18BrN3O3/c1-8(2)13(3,7-15)16-12(18)10-5-4-9(17(19)20)6-11(10)14/h4-6,8H,7,15H2,1-3H3,(H,16,18). The van der Waals surface area contributed by atoms with Gasteiger partial charge in [0, 0.05) is 23.2 Å². The first kappa shape index (κ1) is 16.6. The van der Waals surface area contributed by atoms with Gasteiger partial charge in [0.1, 0.15) is 0 Å². The molecule has 1 amide bonds. The van der Waals surface area contributed by atoms with Crippen LogP contribution in [0.3, 0.4) is 0 Å². The average Bonchev–Trinajstić information content (AvgIpc) is 2.37. The molecule has 6 nitrogen and oxygen atoms in total. The van der Waals surface area contributed by atoms with Gasteiger partial charge < -0.3 is 11.1 Å². The fourth-order valence-electron chi connectivity index (χ4n) is 1.56. The summed E-state index contributed by atoms with van der Waals surface area (Å²) < 4.78 is 0.382. The number of nitrogens with two attached hydrogens (primary N) is 1. The maximum Gasteiger partial charge on any atom is 0.270 e. The molecule has 1 unspecified atom stereocenters. The number of amides is 1. The quantitative estimate of drug-likeness (QED) is 0.633. The SMILES string of the molecule is CC(C)C(C)(CN)NC(=O)c1ccc([N+](=O)[O-])cc1Br. The van der Waals surface area contributed by atoms with Crippen LogP contribution in [0.4, 0.5) is 5.69 Å². The number of rotatable bonds is 5. The van der Waals surface area contributed by atoms with E-state index in [1.54, 1.807) is 0 Å². The molecule has 110 valence electrons. The Balaban J connectivity index is 3.02. The molecule has 1 rings (SSSR count). The minimum absolute atomic E-state index is 0.0705. The van der Waals surface area contributed by atoms with E-state index >= 15 is 0 Å². The van der Waals surface area contributed by atoms with E-state index in [-0.39, 0.29) is 17.5 Å². The molecule has 0 radical (unpaired) electrons. The van der Waals surface area contributed by atoms with Crippen molar-refractivity contribution in [3.05, 3.63) is 38.3 Å². The Morgan fingerprint density at radius 1 is 1.55 bits per heavy atom. The van der Waals surface area contributed by atoms with Crippen LogP contribution in [-0.4, -0.2) is 22.9 Å². The van der Waals surface area contributed by atoms with Crippen LogP contribution in [0.5, 0.6) is 0 Å². The van der Waals surface area contributed by atoms with Gasteiger partial charge in [-0.25, -0.2) is 0 Å². The fraction of sp³-hybridized carbons (Fsp3) is 0.462. The van der Waals surface area contributed by atoms with E-state index in [0.717, 1.165) is 0 Å². The second-order valence-corrected chi connectivity index (χ2v) is 6.01. The zero-order valence-electron chi connectivity index (χ0n) is 11.6. The molecule has 1 atom stereocenters. The van der Waals surface area contributed by atoms with E-state index in [2.05, 4.69) is 21.2 Å². The molecule has 1 aromatic carbocycles. The molecular formula is C13H18BrN3O3. The molecular weight excluding hydrogens is 326 g/mol. The lowest BCUT2D eigenvalue weighted by molar-refractivity contribution is -0.384. The number of nitrogens with one attached hydrogen (secondary N) is 1. The highest BCUT2D eigenvalue weighted by atomic mass is 79.9. The van der Waals surface area contributed by atoms with Gasteiger partial charge in [0.05, 0.1) is 16.0 Å². The molecule has 0 bridgehead atoms. The van der Waals surface area contributed by atoms with Crippen LogP contribution in [0.25, 0.3) is 0 Å². The first-order valence-corrected chi connectivity index (χ1v) is 6.97. The highest BCUT2D eigenvalue weighted by Gasteiger charge is 2.29. The average molecular weight is 344 g/mol. The summed E-state index contributed by atoms with van der Waals surface area (Å²) in [6.45, 7) is 6.12. The van der Waals surface area contributed by atoms with Crippen molar-refractivity contribution in [1.82, 2.24) is 5.32 Å². The summed E-state index contributed by atoms with van der Waals surface area (Å²) in [6, 6.07) is 4.04. The molecule has 0 saturated carbocycles. The topological polar surface area (TPSA) is 98.3 Å². The van der Waals surface area contributed by atoms with Gasteiger partial charge in [-0.1, -0.05) is 13.8 Å². The van der Waals surface area contributed by atoms with Crippen molar-refractivity contribution in [3.8, 4) is 0 Å². The lowest BCUT2D eigenvalue weighted by Crippen LogP contribution is -2.55. The number of carbonyl (C=O) groups is 1. The van der Waals surface area contributed by atoms with Gasteiger partial charge >= 0.3 is 0 Å². The number of nitrogens with zero attached hydrogens (tertiary/aromatic N) is 1. The number of benzene rings is 1. The summed E-state index contributed by atoms with van der Waals surface area (Å²) in [5.74, 6) is -0.151. The predicted molar refractivity (Wildman–Crippen MR) is 80.6 cm³/mol. The van der Waals surface area contributed by atoms with Crippen LogP contribution in [0.15, 0.2) is 22.7 Å².